The van der Waals surface area contributed by atoms with E-state index in [0.717, 1.165) is 30.7 Å². The van der Waals surface area contributed by atoms with Crippen LogP contribution in [-0.4, -0.2) is 53.0 Å². The molecule has 0 spiro atoms. The van der Waals surface area contributed by atoms with E-state index in [1.165, 1.54) is 24.3 Å². The Balaban J connectivity index is 1.89. The molecule has 0 aliphatic rings. The number of amides is 2. The van der Waals surface area contributed by atoms with E-state index in [9.17, 15) is 9.59 Å². The van der Waals surface area contributed by atoms with Crippen LogP contribution in [0.4, 0.5) is 5.82 Å². The van der Waals surface area contributed by atoms with Gasteiger partial charge < -0.3 is 14.3 Å². The van der Waals surface area contributed by atoms with Crippen molar-refractivity contribution in [1.82, 2.24) is 20.0 Å². The van der Waals surface area contributed by atoms with Crippen LogP contribution >= 0.6 is 0 Å². The number of anilines is 1. The molecule has 2 aromatic heterocycles. The van der Waals surface area contributed by atoms with Gasteiger partial charge in [0.05, 0.1) is 5.69 Å². The molecule has 8 heteroatoms. The van der Waals surface area contributed by atoms with Gasteiger partial charge in [-0.3, -0.25) is 9.59 Å². The summed E-state index contributed by atoms with van der Waals surface area (Å²) in [5.41, 5.74) is 1.03. The molecule has 128 valence electrons. The second-order valence-corrected chi connectivity index (χ2v) is 5.56. The first-order valence-corrected chi connectivity index (χ1v) is 7.69. The number of aryl methyl sites for hydroxylation is 2. The van der Waals surface area contributed by atoms with Crippen LogP contribution in [-0.2, 0) is 11.2 Å². The van der Waals surface area contributed by atoms with Crippen molar-refractivity contribution in [2.24, 2.45) is 0 Å². The predicted molar refractivity (Wildman–Crippen MR) is 87.6 cm³/mol. The minimum atomic E-state index is -0.262. The molecule has 24 heavy (non-hydrogen) atoms. The SMILES string of the molecule is Cc1cc(CCCCN(C)C(=O)c2nccnc2N(C)C=O)on1. The highest BCUT2D eigenvalue weighted by atomic mass is 16.5. The third-order valence-electron chi connectivity index (χ3n) is 3.56. The van der Waals surface area contributed by atoms with Crippen molar-refractivity contribution in [3.8, 4) is 0 Å². The lowest BCUT2D eigenvalue weighted by Crippen LogP contribution is -2.31. The van der Waals surface area contributed by atoms with Gasteiger partial charge in [-0.2, -0.15) is 0 Å². The summed E-state index contributed by atoms with van der Waals surface area (Å²) in [4.78, 5) is 34.4. The maximum Gasteiger partial charge on any atom is 0.276 e. The standard InChI is InChI=1S/C16H21N5O3/c1-12-10-13(24-19-12)6-4-5-9-20(2)16(23)14-15(21(3)11-22)18-8-7-17-14/h7-8,10-11H,4-6,9H2,1-3H3. The molecule has 0 bridgehead atoms. The van der Waals surface area contributed by atoms with Crippen LogP contribution in [0.5, 0.6) is 0 Å². The second kappa shape index (κ2) is 8.19. The summed E-state index contributed by atoms with van der Waals surface area (Å²) in [6.07, 6.45) is 5.98. The maximum absolute atomic E-state index is 12.5. The number of hydrogen-bond acceptors (Lipinski definition) is 6. The van der Waals surface area contributed by atoms with Gasteiger partial charge in [0.15, 0.2) is 11.5 Å². The van der Waals surface area contributed by atoms with Crippen molar-refractivity contribution >= 4 is 18.1 Å². The number of unbranched alkanes of at least 4 members (excludes halogenated alkanes) is 1. The summed E-state index contributed by atoms with van der Waals surface area (Å²) in [6.45, 7) is 2.46. The molecule has 0 unspecified atom stereocenters. The average molecular weight is 331 g/mol. The van der Waals surface area contributed by atoms with Crippen molar-refractivity contribution in [2.45, 2.75) is 26.2 Å². The minimum absolute atomic E-state index is 0.167. The van der Waals surface area contributed by atoms with Crippen molar-refractivity contribution in [3.63, 3.8) is 0 Å². The lowest BCUT2D eigenvalue weighted by atomic mass is 10.2. The van der Waals surface area contributed by atoms with Crippen LogP contribution in [0.15, 0.2) is 23.0 Å². The zero-order valence-corrected chi connectivity index (χ0v) is 14.1. The Kier molecular flexibility index (Phi) is 6.00. The van der Waals surface area contributed by atoms with Crippen LogP contribution < -0.4 is 4.90 Å². The summed E-state index contributed by atoms with van der Waals surface area (Å²) in [6, 6.07) is 1.91. The van der Waals surface area contributed by atoms with Crippen LogP contribution in [0.2, 0.25) is 0 Å². The number of carbonyl (C=O) groups excluding carboxylic acids is 2. The fourth-order valence-electron chi connectivity index (χ4n) is 2.25. The summed E-state index contributed by atoms with van der Waals surface area (Å²) in [5, 5.41) is 3.84. The Morgan fingerprint density at radius 2 is 2.00 bits per heavy atom. The van der Waals surface area contributed by atoms with Gasteiger partial charge in [0.2, 0.25) is 6.41 Å². The molecular weight excluding hydrogens is 310 g/mol. The highest BCUT2D eigenvalue weighted by Gasteiger charge is 2.20. The normalized spacial score (nSPS) is 10.5. The first-order chi connectivity index (χ1) is 11.5. The van der Waals surface area contributed by atoms with E-state index >= 15 is 0 Å². The zero-order valence-electron chi connectivity index (χ0n) is 14.1. The van der Waals surface area contributed by atoms with E-state index in [1.807, 2.05) is 13.0 Å². The van der Waals surface area contributed by atoms with Crippen molar-refractivity contribution in [2.75, 3.05) is 25.5 Å². The summed E-state index contributed by atoms with van der Waals surface area (Å²) in [7, 11) is 3.24. The van der Waals surface area contributed by atoms with Crippen molar-refractivity contribution in [1.29, 1.82) is 0 Å². The molecule has 0 aromatic carbocycles. The molecule has 2 aromatic rings. The van der Waals surface area contributed by atoms with Gasteiger partial charge in [0.1, 0.15) is 5.76 Å². The topological polar surface area (TPSA) is 92.4 Å². The minimum Gasteiger partial charge on any atom is -0.361 e. The van der Waals surface area contributed by atoms with E-state index in [1.54, 1.807) is 11.9 Å². The fraction of sp³-hybridized carbons (Fsp3) is 0.438. The molecule has 0 saturated carbocycles. The Bertz CT molecular complexity index is 701. The number of carbonyl (C=O) groups is 2. The molecular formula is C16H21N5O3. The van der Waals surface area contributed by atoms with E-state index < -0.39 is 0 Å². The molecule has 0 saturated heterocycles. The molecule has 0 N–H and O–H groups in total. The summed E-state index contributed by atoms with van der Waals surface area (Å²) < 4.78 is 5.16. The molecule has 0 fully saturated rings. The van der Waals surface area contributed by atoms with Gasteiger partial charge in [-0.15, -0.1) is 0 Å². The van der Waals surface area contributed by atoms with Crippen LogP contribution in [0, 0.1) is 6.92 Å². The van der Waals surface area contributed by atoms with Crippen LogP contribution in [0.1, 0.15) is 34.8 Å². The highest BCUT2D eigenvalue weighted by Crippen LogP contribution is 2.14. The van der Waals surface area contributed by atoms with Gasteiger partial charge in [0.25, 0.3) is 5.91 Å². The first-order valence-electron chi connectivity index (χ1n) is 7.69. The molecule has 0 aliphatic heterocycles. The maximum atomic E-state index is 12.5. The van der Waals surface area contributed by atoms with E-state index in [2.05, 4.69) is 15.1 Å². The third kappa shape index (κ3) is 4.37. The number of rotatable bonds is 8. The second-order valence-electron chi connectivity index (χ2n) is 5.56. The highest BCUT2D eigenvalue weighted by molar-refractivity contribution is 5.98. The van der Waals surface area contributed by atoms with Crippen LogP contribution in [0.25, 0.3) is 0 Å². The molecule has 0 atom stereocenters. The zero-order chi connectivity index (χ0) is 17.5. The van der Waals surface area contributed by atoms with Gasteiger partial charge in [0, 0.05) is 45.5 Å². The molecule has 0 radical (unpaired) electrons. The fourth-order valence-corrected chi connectivity index (χ4v) is 2.25. The largest absolute Gasteiger partial charge is 0.361 e. The summed E-state index contributed by atoms with van der Waals surface area (Å²) in [5.74, 6) is 0.842. The van der Waals surface area contributed by atoms with E-state index in [4.69, 9.17) is 4.52 Å². The Hall–Kier alpha value is -2.77. The number of nitrogens with zero attached hydrogens (tertiary/aromatic N) is 5. The molecule has 0 aliphatic carbocycles. The lowest BCUT2D eigenvalue weighted by molar-refractivity contribution is -0.107. The molecule has 2 heterocycles. The lowest BCUT2D eigenvalue weighted by Gasteiger charge is -2.19. The molecule has 2 amide bonds. The van der Waals surface area contributed by atoms with Crippen molar-refractivity contribution < 1.29 is 14.1 Å². The smallest absolute Gasteiger partial charge is 0.276 e. The molecule has 8 nitrogen and oxygen atoms in total. The predicted octanol–water partition coefficient (Wildman–Crippen LogP) is 1.46. The average Bonchev–Trinajstić information content (AvgIpc) is 3.02. The van der Waals surface area contributed by atoms with Gasteiger partial charge in [-0.25, -0.2) is 9.97 Å². The van der Waals surface area contributed by atoms with Crippen molar-refractivity contribution in [3.05, 3.63) is 35.6 Å². The van der Waals surface area contributed by atoms with Crippen LogP contribution in [0.3, 0.4) is 0 Å². The monoisotopic (exact) mass is 331 g/mol. The van der Waals surface area contributed by atoms with E-state index in [-0.39, 0.29) is 17.4 Å². The Morgan fingerprint density at radius 1 is 1.25 bits per heavy atom. The quantitative estimate of drug-likeness (QED) is 0.537. The summed E-state index contributed by atoms with van der Waals surface area (Å²) >= 11 is 0. The number of hydrogen-bond donors (Lipinski definition) is 0. The number of aromatic nitrogens is 3. The van der Waals surface area contributed by atoms with Gasteiger partial charge in [-0.1, -0.05) is 5.16 Å². The van der Waals surface area contributed by atoms with Gasteiger partial charge >= 0.3 is 0 Å². The molecule has 2 rings (SSSR count). The first kappa shape index (κ1) is 17.6. The third-order valence-corrected chi connectivity index (χ3v) is 3.56. The van der Waals surface area contributed by atoms with E-state index in [0.29, 0.717) is 13.0 Å². The Morgan fingerprint density at radius 3 is 2.67 bits per heavy atom. The van der Waals surface area contributed by atoms with Gasteiger partial charge in [-0.05, 0) is 19.8 Å². The Labute approximate surface area is 140 Å².